The molecular formula is C18H36N2O2. The Morgan fingerprint density at radius 1 is 0.682 bits per heavy atom. The SMILES string of the molecule is CCCNCCCCCCC(=O)NCCCCC(=O)CCC. The number of carbonyl (C=O) groups is 2. The Morgan fingerprint density at radius 2 is 1.36 bits per heavy atom. The molecule has 0 aromatic rings. The largest absolute Gasteiger partial charge is 0.356 e. The van der Waals surface area contributed by atoms with Gasteiger partial charge in [-0.2, -0.15) is 0 Å². The molecule has 0 aliphatic heterocycles. The Kier molecular flexibility index (Phi) is 15.8. The van der Waals surface area contributed by atoms with Gasteiger partial charge in [0.25, 0.3) is 0 Å². The summed E-state index contributed by atoms with van der Waals surface area (Å²) in [6.45, 7) is 7.11. The average Bonchev–Trinajstić information content (AvgIpc) is 2.50. The second-order valence-electron chi connectivity index (χ2n) is 6.01. The van der Waals surface area contributed by atoms with Crippen LogP contribution in [-0.2, 0) is 9.59 Å². The Hall–Kier alpha value is -0.900. The van der Waals surface area contributed by atoms with Crippen LogP contribution < -0.4 is 10.6 Å². The first-order valence-electron chi connectivity index (χ1n) is 9.19. The highest BCUT2D eigenvalue weighted by molar-refractivity contribution is 5.78. The molecule has 0 spiro atoms. The van der Waals surface area contributed by atoms with Gasteiger partial charge < -0.3 is 10.6 Å². The topological polar surface area (TPSA) is 58.2 Å². The predicted molar refractivity (Wildman–Crippen MR) is 93.0 cm³/mol. The van der Waals surface area contributed by atoms with Crippen molar-refractivity contribution in [2.45, 2.75) is 84.5 Å². The molecule has 0 aromatic carbocycles. The maximum atomic E-state index is 11.6. The zero-order chi connectivity index (χ0) is 16.5. The number of Topliss-reactive ketones (excluding diaryl/α,β-unsaturated/α-hetero) is 1. The maximum absolute atomic E-state index is 11.6. The summed E-state index contributed by atoms with van der Waals surface area (Å²) >= 11 is 0. The Balaban J connectivity index is 3.24. The third-order valence-electron chi connectivity index (χ3n) is 3.67. The highest BCUT2D eigenvalue weighted by Gasteiger charge is 2.02. The van der Waals surface area contributed by atoms with Crippen molar-refractivity contribution in [1.29, 1.82) is 0 Å². The van der Waals surface area contributed by atoms with Crippen LogP contribution in [0.25, 0.3) is 0 Å². The van der Waals surface area contributed by atoms with Crippen LogP contribution in [-0.4, -0.2) is 31.3 Å². The van der Waals surface area contributed by atoms with Crippen LogP contribution in [0.3, 0.4) is 0 Å². The Morgan fingerprint density at radius 3 is 2.09 bits per heavy atom. The van der Waals surface area contributed by atoms with Crippen LogP contribution >= 0.6 is 0 Å². The molecule has 0 aliphatic rings. The summed E-state index contributed by atoms with van der Waals surface area (Å²) in [5.41, 5.74) is 0. The molecular weight excluding hydrogens is 276 g/mol. The van der Waals surface area contributed by atoms with Crippen LogP contribution in [0, 0.1) is 0 Å². The van der Waals surface area contributed by atoms with E-state index in [9.17, 15) is 9.59 Å². The molecule has 0 saturated carbocycles. The fraction of sp³-hybridized carbons (Fsp3) is 0.889. The molecule has 0 fully saturated rings. The van der Waals surface area contributed by atoms with Crippen molar-refractivity contribution < 1.29 is 9.59 Å². The third-order valence-corrected chi connectivity index (χ3v) is 3.67. The van der Waals surface area contributed by atoms with Crippen LogP contribution in [0.1, 0.15) is 84.5 Å². The van der Waals surface area contributed by atoms with Crippen molar-refractivity contribution in [2.75, 3.05) is 19.6 Å². The molecule has 0 saturated heterocycles. The molecule has 0 atom stereocenters. The minimum Gasteiger partial charge on any atom is -0.356 e. The van der Waals surface area contributed by atoms with Gasteiger partial charge >= 0.3 is 0 Å². The van der Waals surface area contributed by atoms with E-state index in [1.165, 1.54) is 19.3 Å². The molecule has 0 aliphatic carbocycles. The van der Waals surface area contributed by atoms with Gasteiger partial charge in [0.1, 0.15) is 5.78 Å². The number of carbonyl (C=O) groups excluding carboxylic acids is 2. The van der Waals surface area contributed by atoms with E-state index in [0.29, 0.717) is 31.6 Å². The Bertz CT molecular complexity index is 280. The second-order valence-corrected chi connectivity index (χ2v) is 6.01. The van der Waals surface area contributed by atoms with Crippen molar-refractivity contribution in [2.24, 2.45) is 0 Å². The van der Waals surface area contributed by atoms with Crippen molar-refractivity contribution in [3.05, 3.63) is 0 Å². The summed E-state index contributed by atoms with van der Waals surface area (Å²) in [7, 11) is 0. The van der Waals surface area contributed by atoms with Gasteiger partial charge in [-0.3, -0.25) is 9.59 Å². The summed E-state index contributed by atoms with van der Waals surface area (Å²) in [6, 6.07) is 0. The van der Waals surface area contributed by atoms with Gasteiger partial charge in [0, 0.05) is 25.8 Å². The van der Waals surface area contributed by atoms with Crippen molar-refractivity contribution in [1.82, 2.24) is 10.6 Å². The molecule has 0 heterocycles. The lowest BCUT2D eigenvalue weighted by Crippen LogP contribution is -2.24. The predicted octanol–water partition coefficient (Wildman–Crippen LogP) is 3.59. The summed E-state index contributed by atoms with van der Waals surface area (Å²) in [4.78, 5) is 23.0. The van der Waals surface area contributed by atoms with Crippen LogP contribution in [0.15, 0.2) is 0 Å². The zero-order valence-corrected chi connectivity index (χ0v) is 14.7. The van der Waals surface area contributed by atoms with Gasteiger partial charge in [-0.25, -0.2) is 0 Å². The molecule has 0 bridgehead atoms. The van der Waals surface area contributed by atoms with Crippen LogP contribution in [0.2, 0.25) is 0 Å². The number of unbranched alkanes of at least 4 members (excludes halogenated alkanes) is 4. The van der Waals surface area contributed by atoms with E-state index < -0.39 is 0 Å². The van der Waals surface area contributed by atoms with Crippen molar-refractivity contribution >= 4 is 11.7 Å². The molecule has 0 aromatic heterocycles. The van der Waals surface area contributed by atoms with E-state index in [1.807, 2.05) is 6.92 Å². The highest BCUT2D eigenvalue weighted by atomic mass is 16.1. The van der Waals surface area contributed by atoms with E-state index in [-0.39, 0.29) is 5.91 Å². The maximum Gasteiger partial charge on any atom is 0.219 e. The minimum atomic E-state index is 0.156. The molecule has 0 unspecified atom stereocenters. The quantitative estimate of drug-likeness (QED) is 0.428. The second kappa shape index (κ2) is 16.5. The normalized spacial score (nSPS) is 10.6. The van der Waals surface area contributed by atoms with Gasteiger partial charge in [-0.15, -0.1) is 0 Å². The number of nitrogens with one attached hydrogen (secondary N) is 2. The molecule has 2 N–H and O–H groups in total. The van der Waals surface area contributed by atoms with Gasteiger partial charge in [0.05, 0.1) is 0 Å². The van der Waals surface area contributed by atoms with Crippen molar-refractivity contribution in [3.63, 3.8) is 0 Å². The third kappa shape index (κ3) is 15.5. The molecule has 22 heavy (non-hydrogen) atoms. The average molecular weight is 312 g/mol. The number of amides is 1. The van der Waals surface area contributed by atoms with Gasteiger partial charge in [-0.05, 0) is 51.6 Å². The zero-order valence-electron chi connectivity index (χ0n) is 14.7. The molecule has 0 rings (SSSR count). The first kappa shape index (κ1) is 21.1. The van der Waals surface area contributed by atoms with Crippen LogP contribution in [0.5, 0.6) is 0 Å². The van der Waals surface area contributed by atoms with E-state index in [0.717, 1.165) is 45.2 Å². The summed E-state index contributed by atoms with van der Waals surface area (Å²) in [6.07, 6.45) is 10.4. The smallest absolute Gasteiger partial charge is 0.219 e. The van der Waals surface area contributed by atoms with E-state index in [2.05, 4.69) is 17.6 Å². The monoisotopic (exact) mass is 312 g/mol. The first-order valence-corrected chi connectivity index (χ1v) is 9.19. The minimum absolute atomic E-state index is 0.156. The lowest BCUT2D eigenvalue weighted by molar-refractivity contribution is -0.121. The van der Waals surface area contributed by atoms with Gasteiger partial charge in [0.15, 0.2) is 0 Å². The molecule has 1 amide bonds. The molecule has 4 heteroatoms. The summed E-state index contributed by atoms with van der Waals surface area (Å²) in [5.74, 6) is 0.506. The summed E-state index contributed by atoms with van der Waals surface area (Å²) < 4.78 is 0. The standard InChI is InChI=1S/C18H36N2O2/c1-3-11-17(21)12-8-10-16-20-18(22)13-7-5-6-9-15-19-14-4-2/h19H,3-16H2,1-2H3,(H,20,22). The van der Waals surface area contributed by atoms with Gasteiger partial charge in [-0.1, -0.05) is 26.7 Å². The van der Waals surface area contributed by atoms with Crippen LogP contribution in [0.4, 0.5) is 0 Å². The fourth-order valence-corrected chi connectivity index (χ4v) is 2.36. The lowest BCUT2D eigenvalue weighted by Gasteiger charge is -2.05. The number of hydrogen-bond donors (Lipinski definition) is 2. The van der Waals surface area contributed by atoms with E-state index >= 15 is 0 Å². The van der Waals surface area contributed by atoms with E-state index in [4.69, 9.17) is 0 Å². The Labute approximate surface area is 136 Å². The lowest BCUT2D eigenvalue weighted by atomic mass is 10.1. The molecule has 4 nitrogen and oxygen atoms in total. The summed E-state index contributed by atoms with van der Waals surface area (Å²) in [5, 5.41) is 6.33. The number of rotatable bonds is 16. The first-order chi connectivity index (χ1) is 10.7. The number of hydrogen-bond acceptors (Lipinski definition) is 3. The van der Waals surface area contributed by atoms with Gasteiger partial charge in [0.2, 0.25) is 5.91 Å². The fourth-order valence-electron chi connectivity index (χ4n) is 2.36. The van der Waals surface area contributed by atoms with E-state index in [1.54, 1.807) is 0 Å². The molecule has 0 radical (unpaired) electrons. The highest BCUT2D eigenvalue weighted by Crippen LogP contribution is 2.03. The number of ketones is 1. The van der Waals surface area contributed by atoms with Crippen molar-refractivity contribution in [3.8, 4) is 0 Å². The molecule has 130 valence electrons.